The predicted octanol–water partition coefficient (Wildman–Crippen LogP) is 4.80. The minimum atomic E-state index is 0.137. The Morgan fingerprint density at radius 2 is 1.38 bits per heavy atom. The maximum absolute atomic E-state index is 4.30. The van der Waals surface area contributed by atoms with Gasteiger partial charge in [-0.05, 0) is 23.3 Å². The molecule has 0 saturated carbocycles. The van der Waals surface area contributed by atoms with E-state index in [1.165, 1.54) is 70.6 Å². The summed E-state index contributed by atoms with van der Waals surface area (Å²) < 4.78 is 1.87. The van der Waals surface area contributed by atoms with Gasteiger partial charge in [0, 0.05) is 12.5 Å². The predicted molar refractivity (Wildman–Crippen MR) is 88.3 cm³/mol. The molecular formula is C17H34N4. The SMILES string of the molecule is CCCCCCCC(C)(CCCCCC)c1nnnn1C. The molecule has 0 saturated heterocycles. The third-order valence-corrected chi connectivity index (χ3v) is 4.57. The summed E-state index contributed by atoms with van der Waals surface area (Å²) in [7, 11) is 1.97. The molecule has 1 atom stereocenters. The highest BCUT2D eigenvalue weighted by atomic mass is 15.5. The van der Waals surface area contributed by atoms with Crippen LogP contribution >= 0.6 is 0 Å². The molecule has 0 bridgehead atoms. The van der Waals surface area contributed by atoms with Crippen molar-refractivity contribution in [1.29, 1.82) is 0 Å². The van der Waals surface area contributed by atoms with Gasteiger partial charge in [0.2, 0.25) is 0 Å². The normalized spacial score (nSPS) is 14.3. The third-order valence-electron chi connectivity index (χ3n) is 4.57. The highest BCUT2D eigenvalue weighted by Crippen LogP contribution is 2.33. The molecule has 1 rings (SSSR count). The molecule has 0 fully saturated rings. The van der Waals surface area contributed by atoms with Crippen LogP contribution in [0.25, 0.3) is 0 Å². The van der Waals surface area contributed by atoms with E-state index in [1.807, 2.05) is 11.7 Å². The van der Waals surface area contributed by atoms with Crippen molar-refractivity contribution in [2.24, 2.45) is 7.05 Å². The minimum absolute atomic E-state index is 0.137. The van der Waals surface area contributed by atoms with Gasteiger partial charge >= 0.3 is 0 Å². The summed E-state index contributed by atoms with van der Waals surface area (Å²) in [6, 6.07) is 0. The smallest absolute Gasteiger partial charge is 0.156 e. The molecule has 0 aliphatic carbocycles. The lowest BCUT2D eigenvalue weighted by Gasteiger charge is -2.28. The maximum atomic E-state index is 4.30. The standard InChI is InChI=1S/C17H34N4/c1-5-7-9-11-13-15-17(3,14-12-10-8-6-2)16-18-19-20-21(16)4/h5-15H2,1-4H3. The van der Waals surface area contributed by atoms with E-state index in [0.717, 1.165) is 5.82 Å². The van der Waals surface area contributed by atoms with Crippen molar-refractivity contribution in [2.75, 3.05) is 0 Å². The molecule has 1 aromatic heterocycles. The number of hydrogen-bond donors (Lipinski definition) is 0. The number of unbranched alkanes of at least 4 members (excludes halogenated alkanes) is 7. The molecule has 0 aliphatic heterocycles. The van der Waals surface area contributed by atoms with Crippen LogP contribution in [0.4, 0.5) is 0 Å². The van der Waals surface area contributed by atoms with Crippen LogP contribution in [0.3, 0.4) is 0 Å². The van der Waals surface area contributed by atoms with Crippen molar-refractivity contribution < 1.29 is 0 Å². The summed E-state index contributed by atoms with van der Waals surface area (Å²) in [5.41, 5.74) is 0.137. The van der Waals surface area contributed by atoms with Gasteiger partial charge in [-0.3, -0.25) is 0 Å². The van der Waals surface area contributed by atoms with E-state index in [2.05, 4.69) is 36.3 Å². The first-order valence-corrected chi connectivity index (χ1v) is 8.87. The van der Waals surface area contributed by atoms with E-state index in [1.54, 1.807) is 0 Å². The molecule has 0 spiro atoms. The summed E-state index contributed by atoms with van der Waals surface area (Å²) in [6.45, 7) is 6.88. The van der Waals surface area contributed by atoms with E-state index >= 15 is 0 Å². The average molecular weight is 294 g/mol. The number of rotatable bonds is 12. The van der Waals surface area contributed by atoms with Gasteiger partial charge in [0.1, 0.15) is 0 Å². The van der Waals surface area contributed by atoms with Crippen LogP contribution in [0.1, 0.15) is 97.2 Å². The second-order valence-corrected chi connectivity index (χ2v) is 6.66. The lowest BCUT2D eigenvalue weighted by atomic mass is 9.79. The first kappa shape index (κ1) is 18.1. The van der Waals surface area contributed by atoms with Gasteiger partial charge in [0.05, 0.1) is 0 Å². The van der Waals surface area contributed by atoms with E-state index in [4.69, 9.17) is 0 Å². The van der Waals surface area contributed by atoms with Crippen molar-refractivity contribution in [3.8, 4) is 0 Å². The molecular weight excluding hydrogens is 260 g/mol. The highest BCUT2D eigenvalue weighted by molar-refractivity contribution is 5.03. The first-order chi connectivity index (χ1) is 10.1. The van der Waals surface area contributed by atoms with Gasteiger partial charge in [-0.15, -0.1) is 5.10 Å². The number of aryl methyl sites for hydroxylation is 1. The van der Waals surface area contributed by atoms with Gasteiger partial charge in [0.25, 0.3) is 0 Å². The van der Waals surface area contributed by atoms with Crippen LogP contribution < -0.4 is 0 Å². The lowest BCUT2D eigenvalue weighted by molar-refractivity contribution is 0.333. The van der Waals surface area contributed by atoms with E-state index < -0.39 is 0 Å². The van der Waals surface area contributed by atoms with Gasteiger partial charge in [-0.1, -0.05) is 78.6 Å². The molecule has 1 unspecified atom stereocenters. The molecule has 122 valence electrons. The molecule has 0 radical (unpaired) electrons. The number of nitrogens with zero attached hydrogens (tertiary/aromatic N) is 4. The Balaban J connectivity index is 2.55. The van der Waals surface area contributed by atoms with Crippen molar-refractivity contribution in [3.05, 3.63) is 5.82 Å². The molecule has 21 heavy (non-hydrogen) atoms. The Labute approximate surface area is 130 Å². The molecule has 0 amide bonds. The monoisotopic (exact) mass is 294 g/mol. The zero-order chi connectivity index (χ0) is 15.6. The Morgan fingerprint density at radius 3 is 1.86 bits per heavy atom. The maximum Gasteiger partial charge on any atom is 0.156 e. The number of aromatic nitrogens is 4. The summed E-state index contributed by atoms with van der Waals surface area (Å²) in [5.74, 6) is 1.06. The summed E-state index contributed by atoms with van der Waals surface area (Å²) >= 11 is 0. The Morgan fingerprint density at radius 1 is 0.857 bits per heavy atom. The molecule has 4 heteroatoms. The molecule has 1 heterocycles. The Bertz CT molecular complexity index is 375. The molecule has 0 N–H and O–H groups in total. The quantitative estimate of drug-likeness (QED) is 0.520. The van der Waals surface area contributed by atoms with Crippen molar-refractivity contribution in [1.82, 2.24) is 20.2 Å². The first-order valence-electron chi connectivity index (χ1n) is 8.87. The van der Waals surface area contributed by atoms with Gasteiger partial charge < -0.3 is 0 Å². The molecule has 1 aromatic rings. The van der Waals surface area contributed by atoms with Gasteiger partial charge in [0.15, 0.2) is 5.82 Å². The molecule has 0 aliphatic rings. The van der Waals surface area contributed by atoms with Crippen LogP contribution in [0.15, 0.2) is 0 Å². The van der Waals surface area contributed by atoms with Crippen LogP contribution in [0, 0.1) is 0 Å². The number of hydrogen-bond acceptors (Lipinski definition) is 3. The molecule has 0 aromatic carbocycles. The van der Waals surface area contributed by atoms with E-state index in [-0.39, 0.29) is 5.41 Å². The third kappa shape index (κ3) is 6.15. The zero-order valence-corrected chi connectivity index (χ0v) is 14.6. The van der Waals surface area contributed by atoms with Crippen LogP contribution in [0.5, 0.6) is 0 Å². The second-order valence-electron chi connectivity index (χ2n) is 6.66. The van der Waals surface area contributed by atoms with Crippen molar-refractivity contribution in [3.63, 3.8) is 0 Å². The minimum Gasteiger partial charge on any atom is -0.232 e. The van der Waals surface area contributed by atoms with Crippen LogP contribution in [-0.4, -0.2) is 20.2 Å². The highest BCUT2D eigenvalue weighted by Gasteiger charge is 2.30. The van der Waals surface area contributed by atoms with Gasteiger partial charge in [-0.25, -0.2) is 4.68 Å². The summed E-state index contributed by atoms with van der Waals surface area (Å²) in [5, 5.41) is 12.2. The second kappa shape index (κ2) is 9.91. The van der Waals surface area contributed by atoms with Crippen LogP contribution in [0.2, 0.25) is 0 Å². The fourth-order valence-electron chi connectivity index (χ4n) is 3.15. The number of tetrazole rings is 1. The topological polar surface area (TPSA) is 43.6 Å². The Hall–Kier alpha value is -0.930. The summed E-state index contributed by atoms with van der Waals surface area (Å²) in [6.07, 6.45) is 14.3. The van der Waals surface area contributed by atoms with Crippen molar-refractivity contribution >= 4 is 0 Å². The zero-order valence-electron chi connectivity index (χ0n) is 14.6. The largest absolute Gasteiger partial charge is 0.232 e. The lowest BCUT2D eigenvalue weighted by Crippen LogP contribution is -2.26. The van der Waals surface area contributed by atoms with E-state index in [9.17, 15) is 0 Å². The van der Waals surface area contributed by atoms with Gasteiger partial charge in [-0.2, -0.15) is 0 Å². The fourth-order valence-corrected chi connectivity index (χ4v) is 3.15. The molecule has 4 nitrogen and oxygen atoms in total. The van der Waals surface area contributed by atoms with Crippen LogP contribution in [-0.2, 0) is 12.5 Å². The van der Waals surface area contributed by atoms with E-state index in [0.29, 0.717) is 0 Å². The summed E-state index contributed by atoms with van der Waals surface area (Å²) in [4.78, 5) is 0. The fraction of sp³-hybridized carbons (Fsp3) is 0.941. The van der Waals surface area contributed by atoms with Crippen molar-refractivity contribution in [2.45, 2.75) is 96.8 Å². The average Bonchev–Trinajstić information content (AvgIpc) is 2.90. The Kier molecular flexibility index (Phi) is 8.55.